The van der Waals surface area contributed by atoms with Crippen molar-refractivity contribution < 1.29 is 5.11 Å². The quantitative estimate of drug-likeness (QED) is 0.537. The molecule has 67 valence electrons. The summed E-state index contributed by atoms with van der Waals surface area (Å²) in [5, 5.41) is 8.45. The first-order valence-electron chi connectivity index (χ1n) is 4.84. The van der Waals surface area contributed by atoms with Crippen LogP contribution in [-0.2, 0) is 0 Å². The van der Waals surface area contributed by atoms with E-state index in [9.17, 15) is 0 Å². The molecule has 0 unspecified atom stereocenters. The van der Waals surface area contributed by atoms with Crippen LogP contribution in [-0.4, -0.2) is 11.7 Å². The number of rotatable bonds is 8. The zero-order valence-corrected chi connectivity index (χ0v) is 7.68. The second kappa shape index (κ2) is 9.96. The largest absolute Gasteiger partial charge is 0.396 e. The highest BCUT2D eigenvalue weighted by Gasteiger charge is 1.89. The van der Waals surface area contributed by atoms with Gasteiger partial charge in [-0.2, -0.15) is 0 Å². The second-order valence-electron chi connectivity index (χ2n) is 3.03. The zero-order chi connectivity index (χ0) is 8.36. The van der Waals surface area contributed by atoms with Gasteiger partial charge in [-0.15, -0.1) is 0 Å². The van der Waals surface area contributed by atoms with Crippen LogP contribution in [0.1, 0.15) is 51.9 Å². The summed E-state index contributed by atoms with van der Waals surface area (Å²) in [6.07, 6.45) is 11.1. The summed E-state index contributed by atoms with van der Waals surface area (Å²) >= 11 is 0. The Labute approximate surface area is 70.8 Å². The molecule has 0 aromatic heterocycles. The summed E-state index contributed by atoms with van der Waals surface area (Å²) in [5.41, 5.74) is 0. The minimum Gasteiger partial charge on any atom is -0.396 e. The molecule has 0 aliphatic carbocycles. The van der Waals surface area contributed by atoms with Gasteiger partial charge in [0.25, 0.3) is 0 Å². The van der Waals surface area contributed by atoms with Gasteiger partial charge in [-0.3, -0.25) is 0 Å². The van der Waals surface area contributed by atoms with E-state index >= 15 is 0 Å². The Hall–Kier alpha value is -0.0400. The lowest BCUT2D eigenvalue weighted by molar-refractivity contribution is 0.322. The third kappa shape index (κ3) is 9.96. The van der Waals surface area contributed by atoms with E-state index in [2.05, 4.69) is 6.92 Å². The molecule has 0 amide bonds. The number of hydrogen-bond acceptors (Lipinski definition) is 1. The summed E-state index contributed by atoms with van der Waals surface area (Å²) in [4.78, 5) is 0. The van der Waals surface area contributed by atoms with E-state index in [0.717, 1.165) is 6.42 Å². The van der Waals surface area contributed by atoms with Crippen molar-refractivity contribution in [3.05, 3.63) is 6.42 Å². The van der Waals surface area contributed by atoms with Gasteiger partial charge in [0.1, 0.15) is 0 Å². The lowest BCUT2D eigenvalue weighted by atomic mass is 10.1. The molecule has 0 bridgehead atoms. The van der Waals surface area contributed by atoms with Gasteiger partial charge in [-0.1, -0.05) is 45.4 Å². The molecule has 0 fully saturated rings. The molecule has 0 spiro atoms. The van der Waals surface area contributed by atoms with E-state index in [0.29, 0.717) is 0 Å². The molecule has 1 nitrogen and oxygen atoms in total. The maximum Gasteiger partial charge on any atom is 0.0462 e. The van der Waals surface area contributed by atoms with E-state index in [-0.39, 0.29) is 6.61 Å². The topological polar surface area (TPSA) is 20.2 Å². The van der Waals surface area contributed by atoms with Crippen molar-refractivity contribution in [1.82, 2.24) is 0 Å². The third-order valence-electron chi connectivity index (χ3n) is 1.89. The number of unbranched alkanes of at least 4 members (excludes halogenated alkanes) is 7. The van der Waals surface area contributed by atoms with Crippen molar-refractivity contribution in [1.29, 1.82) is 0 Å². The Morgan fingerprint density at radius 3 is 2.27 bits per heavy atom. The van der Waals surface area contributed by atoms with Gasteiger partial charge in [0.15, 0.2) is 0 Å². The molecule has 0 heterocycles. The average molecular weight is 157 g/mol. The number of aliphatic hydroxyl groups excluding tert-OH is 1. The summed E-state index contributed by atoms with van der Waals surface area (Å²) in [5.74, 6) is 0. The van der Waals surface area contributed by atoms with Gasteiger partial charge in [-0.25, -0.2) is 0 Å². The fourth-order valence-corrected chi connectivity index (χ4v) is 1.16. The number of aliphatic hydroxyl groups is 1. The van der Waals surface area contributed by atoms with Gasteiger partial charge < -0.3 is 5.11 Å². The van der Waals surface area contributed by atoms with Crippen LogP contribution in [0.4, 0.5) is 0 Å². The molecule has 0 atom stereocenters. The Bertz CT molecular complexity index is 53.9. The molecule has 0 rings (SSSR count). The van der Waals surface area contributed by atoms with E-state index in [1.807, 2.05) is 6.42 Å². The SMILES string of the molecule is CCCCCCCC[CH]CO. The van der Waals surface area contributed by atoms with Gasteiger partial charge in [0.05, 0.1) is 0 Å². The van der Waals surface area contributed by atoms with Crippen LogP contribution in [0.3, 0.4) is 0 Å². The fourth-order valence-electron chi connectivity index (χ4n) is 1.16. The van der Waals surface area contributed by atoms with Crippen molar-refractivity contribution in [3.8, 4) is 0 Å². The normalized spacial score (nSPS) is 10.4. The van der Waals surface area contributed by atoms with Crippen molar-refractivity contribution in [2.75, 3.05) is 6.61 Å². The molecule has 0 saturated heterocycles. The second-order valence-corrected chi connectivity index (χ2v) is 3.03. The molecule has 0 aliphatic heterocycles. The van der Waals surface area contributed by atoms with Gasteiger partial charge in [0.2, 0.25) is 0 Å². The highest BCUT2D eigenvalue weighted by atomic mass is 16.2. The summed E-state index contributed by atoms with van der Waals surface area (Å²) in [7, 11) is 0. The van der Waals surface area contributed by atoms with Gasteiger partial charge in [-0.05, 0) is 12.8 Å². The zero-order valence-electron chi connectivity index (χ0n) is 7.68. The molecular weight excluding hydrogens is 136 g/mol. The van der Waals surface area contributed by atoms with Gasteiger partial charge in [0, 0.05) is 6.61 Å². The van der Waals surface area contributed by atoms with E-state index in [1.165, 1.54) is 38.5 Å². The van der Waals surface area contributed by atoms with Crippen LogP contribution in [0.2, 0.25) is 0 Å². The van der Waals surface area contributed by atoms with Crippen LogP contribution < -0.4 is 0 Å². The smallest absolute Gasteiger partial charge is 0.0462 e. The average Bonchev–Trinajstić information content (AvgIpc) is 2.03. The Balaban J connectivity index is 2.69. The standard InChI is InChI=1S/C10H21O/c1-2-3-4-5-6-7-8-9-10-11/h9,11H,2-8,10H2,1H3. The van der Waals surface area contributed by atoms with Crippen molar-refractivity contribution in [2.24, 2.45) is 0 Å². The van der Waals surface area contributed by atoms with E-state index in [1.54, 1.807) is 0 Å². The summed E-state index contributed by atoms with van der Waals surface area (Å²) in [6.45, 7) is 2.48. The first-order valence-corrected chi connectivity index (χ1v) is 4.84. The van der Waals surface area contributed by atoms with Crippen LogP contribution in [0.25, 0.3) is 0 Å². The monoisotopic (exact) mass is 157 g/mol. The van der Waals surface area contributed by atoms with E-state index < -0.39 is 0 Å². The summed E-state index contributed by atoms with van der Waals surface area (Å²) in [6, 6.07) is 0. The van der Waals surface area contributed by atoms with Crippen LogP contribution in [0, 0.1) is 6.42 Å². The maximum atomic E-state index is 8.45. The van der Waals surface area contributed by atoms with Crippen LogP contribution in [0.5, 0.6) is 0 Å². The predicted octanol–water partition coefficient (Wildman–Crippen LogP) is 2.93. The molecule has 0 aromatic carbocycles. The molecule has 1 radical (unpaired) electrons. The van der Waals surface area contributed by atoms with Crippen LogP contribution >= 0.6 is 0 Å². The molecule has 0 aromatic rings. The lowest BCUT2D eigenvalue weighted by Crippen LogP contribution is -1.84. The van der Waals surface area contributed by atoms with Crippen molar-refractivity contribution in [3.63, 3.8) is 0 Å². The van der Waals surface area contributed by atoms with Crippen molar-refractivity contribution in [2.45, 2.75) is 51.9 Å². The molecule has 0 saturated carbocycles. The molecule has 0 aliphatic rings. The third-order valence-corrected chi connectivity index (χ3v) is 1.89. The first-order chi connectivity index (χ1) is 5.41. The maximum absolute atomic E-state index is 8.45. The van der Waals surface area contributed by atoms with Crippen molar-refractivity contribution >= 4 is 0 Å². The Kier molecular flexibility index (Phi) is 9.92. The minimum absolute atomic E-state index is 0.245. The molecule has 1 heteroatoms. The van der Waals surface area contributed by atoms with Gasteiger partial charge >= 0.3 is 0 Å². The molecule has 1 N–H and O–H groups in total. The molecular formula is C10H21O. The van der Waals surface area contributed by atoms with Crippen LogP contribution in [0.15, 0.2) is 0 Å². The minimum atomic E-state index is 0.245. The Morgan fingerprint density at radius 2 is 1.64 bits per heavy atom. The predicted molar refractivity (Wildman–Crippen MR) is 49.4 cm³/mol. The lowest BCUT2D eigenvalue weighted by Gasteiger charge is -1.98. The first kappa shape index (κ1) is 11.0. The summed E-state index contributed by atoms with van der Waals surface area (Å²) < 4.78 is 0. The number of hydrogen-bond donors (Lipinski definition) is 1. The van der Waals surface area contributed by atoms with E-state index in [4.69, 9.17) is 5.11 Å². The highest BCUT2D eigenvalue weighted by molar-refractivity contribution is 4.61. The molecule has 11 heavy (non-hydrogen) atoms. The Morgan fingerprint density at radius 1 is 1.00 bits per heavy atom. The fraction of sp³-hybridized carbons (Fsp3) is 0.900. The highest BCUT2D eigenvalue weighted by Crippen LogP contribution is 2.07.